The molecule has 2 atom stereocenters. The summed E-state index contributed by atoms with van der Waals surface area (Å²) in [7, 11) is 1.79. The highest BCUT2D eigenvalue weighted by Crippen LogP contribution is 2.15. The zero-order valence-corrected chi connectivity index (χ0v) is 9.64. The molecular weight excluding hydrogens is 206 g/mol. The second-order valence-corrected chi connectivity index (χ2v) is 4.19. The SMILES string of the molecule is C[C@@H](NC(=O)c1ccn(C)n1)[C@H]1CCCO1. The normalized spacial score (nSPS) is 22.0. The van der Waals surface area contributed by atoms with E-state index in [2.05, 4.69) is 10.4 Å². The Morgan fingerprint density at radius 3 is 3.12 bits per heavy atom. The molecule has 0 bridgehead atoms. The molecule has 2 rings (SSSR count). The molecule has 1 saturated heterocycles. The molecule has 1 fully saturated rings. The van der Waals surface area contributed by atoms with E-state index < -0.39 is 0 Å². The molecule has 0 aliphatic carbocycles. The van der Waals surface area contributed by atoms with Crippen molar-refractivity contribution in [2.75, 3.05) is 6.61 Å². The Morgan fingerprint density at radius 1 is 1.75 bits per heavy atom. The van der Waals surface area contributed by atoms with Crippen LogP contribution in [0.1, 0.15) is 30.3 Å². The molecule has 16 heavy (non-hydrogen) atoms. The van der Waals surface area contributed by atoms with Gasteiger partial charge in [-0.25, -0.2) is 0 Å². The third kappa shape index (κ3) is 2.41. The third-order valence-electron chi connectivity index (χ3n) is 2.83. The van der Waals surface area contributed by atoms with Crippen molar-refractivity contribution in [3.8, 4) is 0 Å². The van der Waals surface area contributed by atoms with Crippen molar-refractivity contribution < 1.29 is 9.53 Å². The summed E-state index contributed by atoms with van der Waals surface area (Å²) in [6.07, 6.45) is 4.00. The maximum Gasteiger partial charge on any atom is 0.272 e. The van der Waals surface area contributed by atoms with Crippen LogP contribution in [0.25, 0.3) is 0 Å². The fourth-order valence-corrected chi connectivity index (χ4v) is 1.91. The molecular formula is C11H17N3O2. The summed E-state index contributed by atoms with van der Waals surface area (Å²) in [5.74, 6) is -0.136. The second-order valence-electron chi connectivity index (χ2n) is 4.19. The molecule has 0 spiro atoms. The van der Waals surface area contributed by atoms with Gasteiger partial charge in [0, 0.05) is 19.9 Å². The van der Waals surface area contributed by atoms with Crippen LogP contribution in [-0.2, 0) is 11.8 Å². The molecule has 88 valence electrons. The summed E-state index contributed by atoms with van der Waals surface area (Å²) in [6, 6.07) is 1.74. The summed E-state index contributed by atoms with van der Waals surface area (Å²) in [5.41, 5.74) is 0.451. The van der Waals surface area contributed by atoms with Gasteiger partial charge in [-0.15, -0.1) is 0 Å². The number of nitrogens with one attached hydrogen (secondary N) is 1. The third-order valence-corrected chi connectivity index (χ3v) is 2.83. The van der Waals surface area contributed by atoms with Crippen molar-refractivity contribution in [3.63, 3.8) is 0 Å². The molecule has 1 aromatic heterocycles. The number of ether oxygens (including phenoxy) is 1. The summed E-state index contributed by atoms with van der Waals surface area (Å²) in [4.78, 5) is 11.8. The van der Waals surface area contributed by atoms with E-state index >= 15 is 0 Å². The van der Waals surface area contributed by atoms with Crippen molar-refractivity contribution in [2.24, 2.45) is 7.05 Å². The predicted molar refractivity (Wildman–Crippen MR) is 59.1 cm³/mol. The van der Waals surface area contributed by atoms with E-state index in [0.717, 1.165) is 19.4 Å². The molecule has 1 aromatic rings. The highest BCUT2D eigenvalue weighted by molar-refractivity contribution is 5.92. The molecule has 5 nitrogen and oxygen atoms in total. The fraction of sp³-hybridized carbons (Fsp3) is 0.636. The van der Waals surface area contributed by atoms with Crippen LogP contribution < -0.4 is 5.32 Å². The van der Waals surface area contributed by atoms with Crippen LogP contribution in [0.4, 0.5) is 0 Å². The van der Waals surface area contributed by atoms with Gasteiger partial charge in [-0.3, -0.25) is 9.48 Å². The number of amides is 1. The Bertz CT molecular complexity index is 369. The van der Waals surface area contributed by atoms with Crippen molar-refractivity contribution in [1.82, 2.24) is 15.1 Å². The van der Waals surface area contributed by atoms with E-state index in [0.29, 0.717) is 5.69 Å². The standard InChI is InChI=1S/C11H17N3O2/c1-8(10-4-3-7-16-10)12-11(15)9-5-6-14(2)13-9/h5-6,8,10H,3-4,7H2,1-2H3,(H,12,15)/t8-,10-/m1/s1. The smallest absolute Gasteiger partial charge is 0.272 e. The molecule has 0 aromatic carbocycles. The fourth-order valence-electron chi connectivity index (χ4n) is 1.91. The number of nitrogens with zero attached hydrogens (tertiary/aromatic N) is 2. The Balaban J connectivity index is 1.91. The monoisotopic (exact) mass is 223 g/mol. The van der Waals surface area contributed by atoms with Gasteiger partial charge in [-0.1, -0.05) is 0 Å². The van der Waals surface area contributed by atoms with Gasteiger partial charge in [-0.2, -0.15) is 5.10 Å². The molecule has 0 unspecified atom stereocenters. The largest absolute Gasteiger partial charge is 0.376 e. The van der Waals surface area contributed by atoms with E-state index in [9.17, 15) is 4.79 Å². The van der Waals surface area contributed by atoms with Gasteiger partial charge in [-0.05, 0) is 25.8 Å². The van der Waals surface area contributed by atoms with Crippen LogP contribution in [0.15, 0.2) is 12.3 Å². The zero-order chi connectivity index (χ0) is 11.5. The quantitative estimate of drug-likeness (QED) is 0.821. The first-order valence-electron chi connectivity index (χ1n) is 5.59. The predicted octanol–water partition coefficient (Wildman–Crippen LogP) is 0.717. The highest BCUT2D eigenvalue weighted by Gasteiger charge is 2.24. The van der Waals surface area contributed by atoms with Crippen LogP contribution in [0.5, 0.6) is 0 Å². The average molecular weight is 223 g/mol. The molecule has 2 heterocycles. The summed E-state index contributed by atoms with van der Waals surface area (Å²) < 4.78 is 7.13. The Labute approximate surface area is 94.8 Å². The van der Waals surface area contributed by atoms with Crippen molar-refractivity contribution >= 4 is 5.91 Å². The molecule has 1 aliphatic rings. The molecule has 0 saturated carbocycles. The number of aryl methyl sites for hydroxylation is 1. The molecule has 5 heteroatoms. The minimum Gasteiger partial charge on any atom is -0.376 e. The van der Waals surface area contributed by atoms with Gasteiger partial charge in [0.15, 0.2) is 0 Å². The lowest BCUT2D eigenvalue weighted by Crippen LogP contribution is -2.41. The van der Waals surface area contributed by atoms with Crippen LogP contribution >= 0.6 is 0 Å². The van der Waals surface area contributed by atoms with Gasteiger partial charge in [0.2, 0.25) is 0 Å². The molecule has 0 radical (unpaired) electrons. The van der Waals surface area contributed by atoms with Crippen molar-refractivity contribution in [3.05, 3.63) is 18.0 Å². The van der Waals surface area contributed by atoms with E-state index in [1.54, 1.807) is 24.0 Å². The minimum atomic E-state index is -0.136. The first kappa shape index (κ1) is 11.1. The topological polar surface area (TPSA) is 56.2 Å². The van der Waals surface area contributed by atoms with Gasteiger partial charge < -0.3 is 10.1 Å². The maximum absolute atomic E-state index is 11.8. The van der Waals surface area contributed by atoms with Crippen LogP contribution in [0.3, 0.4) is 0 Å². The Morgan fingerprint density at radius 2 is 2.56 bits per heavy atom. The zero-order valence-electron chi connectivity index (χ0n) is 9.64. The van der Waals surface area contributed by atoms with Crippen LogP contribution in [0, 0.1) is 0 Å². The first-order chi connectivity index (χ1) is 7.66. The minimum absolute atomic E-state index is 0.0389. The van der Waals surface area contributed by atoms with Gasteiger partial charge in [0.1, 0.15) is 5.69 Å². The van der Waals surface area contributed by atoms with E-state index in [1.807, 2.05) is 6.92 Å². The Hall–Kier alpha value is -1.36. The maximum atomic E-state index is 11.8. The summed E-state index contributed by atoms with van der Waals surface area (Å²) in [5, 5.41) is 6.97. The lowest BCUT2D eigenvalue weighted by atomic mass is 10.1. The lowest BCUT2D eigenvalue weighted by Gasteiger charge is -2.19. The Kier molecular flexibility index (Phi) is 3.24. The van der Waals surface area contributed by atoms with E-state index in [-0.39, 0.29) is 18.1 Å². The molecule has 1 amide bonds. The number of rotatable bonds is 3. The van der Waals surface area contributed by atoms with Crippen molar-refractivity contribution in [2.45, 2.75) is 31.9 Å². The number of carbonyl (C=O) groups is 1. The van der Waals surface area contributed by atoms with Gasteiger partial charge in [0.05, 0.1) is 12.1 Å². The van der Waals surface area contributed by atoms with Gasteiger partial charge in [0.25, 0.3) is 5.91 Å². The first-order valence-corrected chi connectivity index (χ1v) is 5.59. The number of hydrogen-bond acceptors (Lipinski definition) is 3. The summed E-state index contributed by atoms with van der Waals surface area (Å²) in [6.45, 7) is 2.77. The number of hydrogen-bond donors (Lipinski definition) is 1. The van der Waals surface area contributed by atoms with Gasteiger partial charge >= 0.3 is 0 Å². The second kappa shape index (κ2) is 4.65. The van der Waals surface area contributed by atoms with Crippen LogP contribution in [0.2, 0.25) is 0 Å². The highest BCUT2D eigenvalue weighted by atomic mass is 16.5. The molecule has 1 N–H and O–H groups in total. The lowest BCUT2D eigenvalue weighted by molar-refractivity contribution is 0.0709. The van der Waals surface area contributed by atoms with E-state index in [4.69, 9.17) is 4.74 Å². The number of aromatic nitrogens is 2. The van der Waals surface area contributed by atoms with Crippen molar-refractivity contribution in [1.29, 1.82) is 0 Å². The number of carbonyl (C=O) groups excluding carboxylic acids is 1. The average Bonchev–Trinajstić information content (AvgIpc) is 2.87. The van der Waals surface area contributed by atoms with E-state index in [1.165, 1.54) is 0 Å². The summed E-state index contributed by atoms with van der Waals surface area (Å²) >= 11 is 0. The molecule has 1 aliphatic heterocycles. The van der Waals surface area contributed by atoms with Crippen LogP contribution in [-0.4, -0.2) is 34.4 Å².